The van der Waals surface area contributed by atoms with E-state index >= 15 is 0 Å². The first-order chi connectivity index (χ1) is 20.3. The van der Waals surface area contributed by atoms with Crippen LogP contribution in [0.1, 0.15) is 57.9 Å². The van der Waals surface area contributed by atoms with E-state index in [1.54, 1.807) is 58.0 Å². The summed E-state index contributed by atoms with van der Waals surface area (Å²) in [6.45, 7) is 9.40. The number of carboxylic acid groups (broad SMARTS) is 1. The van der Waals surface area contributed by atoms with Gasteiger partial charge < -0.3 is 34.4 Å². The Bertz CT molecular complexity index is 1300. The predicted octanol–water partition coefficient (Wildman–Crippen LogP) is 2.25. The van der Waals surface area contributed by atoms with Crippen molar-refractivity contribution in [1.82, 2.24) is 24.9 Å². The van der Waals surface area contributed by atoms with Gasteiger partial charge in [0.2, 0.25) is 11.8 Å². The number of ether oxygens (including phenoxy) is 3. The van der Waals surface area contributed by atoms with Crippen LogP contribution in [0.3, 0.4) is 0 Å². The second kappa shape index (κ2) is 14.5. The summed E-state index contributed by atoms with van der Waals surface area (Å²) in [6.07, 6.45) is -1.88. The lowest BCUT2D eigenvalue weighted by Gasteiger charge is -2.36. The summed E-state index contributed by atoms with van der Waals surface area (Å²) in [5, 5.41) is 16.3. The van der Waals surface area contributed by atoms with E-state index in [0.717, 1.165) is 0 Å². The van der Waals surface area contributed by atoms with E-state index in [1.165, 1.54) is 27.5 Å². The molecule has 0 aliphatic carbocycles. The fraction of sp³-hybridized carbons (Fsp3) is 0.517. The molecule has 2 unspecified atom stereocenters. The van der Waals surface area contributed by atoms with Crippen molar-refractivity contribution < 1.29 is 43.3 Å². The van der Waals surface area contributed by atoms with Gasteiger partial charge in [-0.1, -0.05) is 18.2 Å². The van der Waals surface area contributed by atoms with Gasteiger partial charge in [-0.3, -0.25) is 14.4 Å². The first kappa shape index (κ1) is 32.9. The van der Waals surface area contributed by atoms with Gasteiger partial charge in [0, 0.05) is 38.7 Å². The zero-order chi connectivity index (χ0) is 31.7. The second-order valence-corrected chi connectivity index (χ2v) is 10.9. The molecule has 1 aliphatic heterocycles. The highest BCUT2D eigenvalue weighted by molar-refractivity contribution is 5.96. The van der Waals surface area contributed by atoms with Gasteiger partial charge in [-0.15, -0.1) is 0 Å². The average molecular weight is 602 g/mol. The van der Waals surface area contributed by atoms with Gasteiger partial charge in [-0.05, 0) is 53.2 Å². The van der Waals surface area contributed by atoms with Crippen molar-refractivity contribution in [1.29, 1.82) is 0 Å². The molecule has 1 aliphatic rings. The number of aromatic nitrogens is 2. The Morgan fingerprint density at radius 2 is 1.65 bits per heavy atom. The molecule has 1 fully saturated rings. The van der Waals surface area contributed by atoms with Gasteiger partial charge in [-0.25, -0.2) is 14.3 Å². The predicted molar refractivity (Wildman–Crippen MR) is 153 cm³/mol. The van der Waals surface area contributed by atoms with E-state index in [-0.39, 0.29) is 57.2 Å². The molecule has 1 aromatic heterocycles. The van der Waals surface area contributed by atoms with Crippen LogP contribution < -0.4 is 10.1 Å². The van der Waals surface area contributed by atoms with Crippen LogP contribution in [0.5, 0.6) is 5.88 Å². The van der Waals surface area contributed by atoms with Crippen molar-refractivity contribution in [3.63, 3.8) is 0 Å². The molecule has 2 N–H and O–H groups in total. The van der Waals surface area contributed by atoms with Crippen molar-refractivity contribution in [2.45, 2.75) is 65.2 Å². The number of carbonyl (C=O) groups is 5. The molecular formula is C29H39N5O9. The van der Waals surface area contributed by atoms with Gasteiger partial charge in [0.05, 0.1) is 12.3 Å². The van der Waals surface area contributed by atoms with Crippen molar-refractivity contribution in [3.8, 4) is 11.6 Å². The van der Waals surface area contributed by atoms with Gasteiger partial charge in [0.15, 0.2) is 11.8 Å². The SMILES string of the molecule is CCOC(=O)N1CCN(C(=O)C(CCC(=O)OC(C)(C)C)NC(=O)c2cc(OC(C)C(=O)O)n(-c3ccccc3)n2)CC1. The molecule has 1 aromatic carbocycles. The number of benzene rings is 1. The lowest BCUT2D eigenvalue weighted by atomic mass is 10.1. The smallest absolute Gasteiger partial charge is 0.409 e. The van der Waals surface area contributed by atoms with Crippen molar-refractivity contribution in [3.05, 3.63) is 42.1 Å². The third-order valence-electron chi connectivity index (χ3n) is 6.33. The van der Waals surface area contributed by atoms with Gasteiger partial charge in [-0.2, -0.15) is 5.10 Å². The van der Waals surface area contributed by atoms with Crippen LogP contribution in [0.4, 0.5) is 4.79 Å². The Hall–Kier alpha value is -4.62. The standard InChI is InChI=1S/C29H39N5O9/c1-6-41-28(40)33-16-14-32(15-17-33)26(37)21(12-13-24(35)43-29(3,4)5)30-25(36)22-18-23(42-19(2)27(38)39)34(31-22)20-10-8-7-9-11-20/h7-11,18-19,21H,6,12-17H2,1-5H3,(H,30,36)(H,38,39). The van der Waals surface area contributed by atoms with Crippen LogP contribution in [-0.4, -0.2) is 105 Å². The van der Waals surface area contributed by atoms with Gasteiger partial charge in [0.1, 0.15) is 11.6 Å². The molecule has 0 radical (unpaired) electrons. The van der Waals surface area contributed by atoms with Crippen LogP contribution in [0.15, 0.2) is 36.4 Å². The molecule has 14 nitrogen and oxygen atoms in total. The van der Waals surface area contributed by atoms with Crippen LogP contribution >= 0.6 is 0 Å². The summed E-state index contributed by atoms with van der Waals surface area (Å²) in [7, 11) is 0. The molecule has 1 saturated heterocycles. The molecule has 2 atom stereocenters. The summed E-state index contributed by atoms with van der Waals surface area (Å²) in [5.41, 5.74) is -0.332. The Balaban J connectivity index is 1.82. The molecule has 14 heteroatoms. The number of rotatable bonds is 11. The molecule has 3 amide bonds. The number of amides is 3. The molecule has 2 heterocycles. The number of hydrogen-bond donors (Lipinski definition) is 2. The highest BCUT2D eigenvalue weighted by Crippen LogP contribution is 2.21. The first-order valence-electron chi connectivity index (χ1n) is 14.1. The minimum atomic E-state index is -1.23. The summed E-state index contributed by atoms with van der Waals surface area (Å²) in [4.78, 5) is 66.0. The maximum atomic E-state index is 13.6. The van der Waals surface area contributed by atoms with Crippen LogP contribution in [-0.2, 0) is 23.9 Å². The highest BCUT2D eigenvalue weighted by Gasteiger charge is 2.32. The van der Waals surface area contributed by atoms with Crippen LogP contribution in [0, 0.1) is 0 Å². The van der Waals surface area contributed by atoms with Crippen LogP contribution in [0.2, 0.25) is 0 Å². The summed E-state index contributed by atoms with van der Waals surface area (Å²) >= 11 is 0. The van der Waals surface area contributed by atoms with Crippen LogP contribution in [0.25, 0.3) is 5.69 Å². The molecule has 2 aromatic rings. The number of hydrogen-bond acceptors (Lipinski definition) is 9. The normalized spacial score (nSPS) is 14.8. The second-order valence-electron chi connectivity index (χ2n) is 10.9. The Morgan fingerprint density at radius 3 is 2.23 bits per heavy atom. The Labute approximate surface area is 249 Å². The topological polar surface area (TPSA) is 170 Å². The Kier molecular flexibility index (Phi) is 11.1. The maximum Gasteiger partial charge on any atom is 0.409 e. The molecule has 43 heavy (non-hydrogen) atoms. The van der Waals surface area contributed by atoms with Crippen molar-refractivity contribution in [2.75, 3.05) is 32.8 Å². The lowest BCUT2D eigenvalue weighted by Crippen LogP contribution is -2.56. The molecule has 0 saturated carbocycles. The zero-order valence-corrected chi connectivity index (χ0v) is 25.1. The summed E-state index contributed by atoms with van der Waals surface area (Å²) < 4.78 is 17.3. The molecule has 234 valence electrons. The first-order valence-corrected chi connectivity index (χ1v) is 14.1. The number of aliphatic carboxylic acids is 1. The molecular weight excluding hydrogens is 562 g/mol. The third-order valence-corrected chi connectivity index (χ3v) is 6.33. The lowest BCUT2D eigenvalue weighted by molar-refractivity contribution is -0.155. The number of esters is 1. The molecule has 0 spiro atoms. The number of carbonyl (C=O) groups excluding carboxylic acids is 4. The van der Waals surface area contributed by atoms with E-state index < -0.39 is 47.6 Å². The number of para-hydroxylation sites is 1. The van der Waals surface area contributed by atoms with E-state index in [4.69, 9.17) is 14.2 Å². The van der Waals surface area contributed by atoms with E-state index in [0.29, 0.717) is 5.69 Å². The largest absolute Gasteiger partial charge is 0.479 e. The maximum absolute atomic E-state index is 13.6. The van der Waals surface area contributed by atoms with Crippen molar-refractivity contribution >= 4 is 29.8 Å². The number of piperazine rings is 1. The number of carboxylic acids is 1. The minimum Gasteiger partial charge on any atom is -0.479 e. The zero-order valence-electron chi connectivity index (χ0n) is 25.1. The monoisotopic (exact) mass is 601 g/mol. The fourth-order valence-electron chi connectivity index (χ4n) is 4.23. The quantitative estimate of drug-likeness (QED) is 0.364. The summed E-state index contributed by atoms with van der Waals surface area (Å²) in [5.74, 6) is -2.88. The highest BCUT2D eigenvalue weighted by atomic mass is 16.6. The molecule has 0 bridgehead atoms. The molecule has 3 rings (SSSR count). The summed E-state index contributed by atoms with van der Waals surface area (Å²) in [6, 6.07) is 8.86. The fourth-order valence-corrected chi connectivity index (χ4v) is 4.23. The number of nitrogens with one attached hydrogen (secondary N) is 1. The Morgan fingerprint density at radius 1 is 1.02 bits per heavy atom. The average Bonchev–Trinajstić information content (AvgIpc) is 3.38. The minimum absolute atomic E-state index is 0.0120. The third kappa shape index (κ3) is 9.45. The number of nitrogens with zero attached hydrogens (tertiary/aromatic N) is 4. The van der Waals surface area contributed by atoms with Gasteiger partial charge >= 0.3 is 18.0 Å². The van der Waals surface area contributed by atoms with E-state index in [2.05, 4.69) is 10.4 Å². The van der Waals surface area contributed by atoms with E-state index in [1.807, 2.05) is 0 Å². The van der Waals surface area contributed by atoms with E-state index in [9.17, 15) is 29.1 Å². The van der Waals surface area contributed by atoms with Crippen molar-refractivity contribution in [2.24, 2.45) is 0 Å². The van der Waals surface area contributed by atoms with Gasteiger partial charge in [0.25, 0.3) is 5.91 Å².